The summed E-state index contributed by atoms with van der Waals surface area (Å²) in [4.78, 5) is 10.6. The molecule has 0 atom stereocenters. The Balaban J connectivity index is 2.64. The van der Waals surface area contributed by atoms with E-state index in [4.69, 9.17) is 10.5 Å². The van der Waals surface area contributed by atoms with Crippen molar-refractivity contribution < 1.29 is 9.66 Å². The quantitative estimate of drug-likeness (QED) is 0.684. The molecule has 0 aliphatic heterocycles. The SMILES string of the molecule is COc1ccc(-n2nnc(N)c2C(C)(C)C)cc1[N+](=O)[O-]. The van der Waals surface area contributed by atoms with E-state index in [0.717, 1.165) is 0 Å². The van der Waals surface area contributed by atoms with Gasteiger partial charge in [0.25, 0.3) is 0 Å². The van der Waals surface area contributed by atoms with E-state index in [1.165, 1.54) is 23.9 Å². The van der Waals surface area contributed by atoms with E-state index in [9.17, 15) is 10.1 Å². The van der Waals surface area contributed by atoms with Crippen LogP contribution < -0.4 is 10.5 Å². The highest BCUT2D eigenvalue weighted by atomic mass is 16.6. The van der Waals surface area contributed by atoms with Gasteiger partial charge in [-0.05, 0) is 12.1 Å². The van der Waals surface area contributed by atoms with Crippen molar-refractivity contribution >= 4 is 11.5 Å². The van der Waals surface area contributed by atoms with Gasteiger partial charge in [0.05, 0.1) is 23.4 Å². The lowest BCUT2D eigenvalue weighted by atomic mass is 9.91. The van der Waals surface area contributed by atoms with E-state index in [-0.39, 0.29) is 16.9 Å². The average Bonchev–Trinajstić information content (AvgIpc) is 2.79. The molecule has 8 heteroatoms. The lowest BCUT2D eigenvalue weighted by Crippen LogP contribution is -2.19. The van der Waals surface area contributed by atoms with E-state index in [1.807, 2.05) is 20.8 Å². The largest absolute Gasteiger partial charge is 0.490 e. The van der Waals surface area contributed by atoms with Gasteiger partial charge in [0.1, 0.15) is 0 Å². The minimum Gasteiger partial charge on any atom is -0.490 e. The van der Waals surface area contributed by atoms with Crippen LogP contribution in [0.15, 0.2) is 18.2 Å². The lowest BCUT2D eigenvalue weighted by Gasteiger charge is -2.20. The second-order valence-electron chi connectivity index (χ2n) is 5.60. The van der Waals surface area contributed by atoms with Crippen molar-refractivity contribution in [3.05, 3.63) is 34.0 Å². The molecule has 0 aliphatic rings. The number of nitrogen functional groups attached to an aromatic ring is 1. The summed E-state index contributed by atoms with van der Waals surface area (Å²) in [5, 5.41) is 19.0. The smallest absolute Gasteiger partial charge is 0.313 e. The van der Waals surface area contributed by atoms with Gasteiger partial charge in [0, 0.05) is 11.5 Å². The maximum atomic E-state index is 11.1. The van der Waals surface area contributed by atoms with Crippen LogP contribution in [0.3, 0.4) is 0 Å². The lowest BCUT2D eigenvalue weighted by molar-refractivity contribution is -0.385. The minimum atomic E-state index is -0.501. The number of hydrogen-bond donors (Lipinski definition) is 1. The molecule has 1 aromatic heterocycles. The first-order valence-electron chi connectivity index (χ1n) is 6.30. The third-order valence-corrected chi connectivity index (χ3v) is 3.01. The summed E-state index contributed by atoms with van der Waals surface area (Å²) < 4.78 is 6.50. The fourth-order valence-corrected chi connectivity index (χ4v) is 2.13. The van der Waals surface area contributed by atoms with Gasteiger partial charge in [0.2, 0.25) is 0 Å². The van der Waals surface area contributed by atoms with Crippen LogP contribution in [0.25, 0.3) is 5.69 Å². The fourth-order valence-electron chi connectivity index (χ4n) is 2.13. The zero-order valence-corrected chi connectivity index (χ0v) is 12.3. The molecule has 2 rings (SSSR count). The molecule has 0 aliphatic carbocycles. The summed E-state index contributed by atoms with van der Waals surface area (Å²) in [5.41, 5.74) is 6.63. The average molecular weight is 291 g/mol. The van der Waals surface area contributed by atoms with E-state index in [1.54, 1.807) is 6.07 Å². The predicted octanol–water partition coefficient (Wildman–Crippen LogP) is 2.06. The van der Waals surface area contributed by atoms with E-state index in [0.29, 0.717) is 17.2 Å². The maximum Gasteiger partial charge on any atom is 0.313 e. The van der Waals surface area contributed by atoms with Crippen molar-refractivity contribution in [2.24, 2.45) is 0 Å². The summed E-state index contributed by atoms with van der Waals surface area (Å²) in [7, 11) is 1.38. The van der Waals surface area contributed by atoms with Gasteiger partial charge in [-0.3, -0.25) is 10.1 Å². The summed E-state index contributed by atoms with van der Waals surface area (Å²) in [6, 6.07) is 4.59. The normalized spacial score (nSPS) is 11.4. The Morgan fingerprint density at radius 3 is 2.57 bits per heavy atom. The molecule has 8 nitrogen and oxygen atoms in total. The molecule has 2 aromatic rings. The highest BCUT2D eigenvalue weighted by Crippen LogP contribution is 2.32. The number of nitro groups is 1. The molecule has 0 bridgehead atoms. The van der Waals surface area contributed by atoms with E-state index in [2.05, 4.69) is 10.3 Å². The molecule has 0 saturated carbocycles. The molecule has 112 valence electrons. The van der Waals surface area contributed by atoms with Crippen LogP contribution in [0.4, 0.5) is 11.5 Å². The van der Waals surface area contributed by atoms with Crippen LogP contribution in [-0.4, -0.2) is 27.0 Å². The van der Waals surface area contributed by atoms with Crippen molar-refractivity contribution in [1.29, 1.82) is 0 Å². The van der Waals surface area contributed by atoms with Gasteiger partial charge in [-0.1, -0.05) is 26.0 Å². The molecule has 0 fully saturated rings. The molecule has 0 radical (unpaired) electrons. The van der Waals surface area contributed by atoms with Gasteiger partial charge in [-0.25, -0.2) is 4.68 Å². The monoisotopic (exact) mass is 291 g/mol. The second kappa shape index (κ2) is 5.04. The Bertz CT molecular complexity index is 688. The summed E-state index contributed by atoms with van der Waals surface area (Å²) in [6.45, 7) is 5.91. The van der Waals surface area contributed by atoms with Crippen molar-refractivity contribution in [2.75, 3.05) is 12.8 Å². The van der Waals surface area contributed by atoms with Gasteiger partial charge in [0.15, 0.2) is 11.6 Å². The van der Waals surface area contributed by atoms with Gasteiger partial charge in [-0.15, -0.1) is 5.10 Å². The number of nitrogens with two attached hydrogens (primary N) is 1. The van der Waals surface area contributed by atoms with Gasteiger partial charge >= 0.3 is 5.69 Å². The highest BCUT2D eigenvalue weighted by molar-refractivity contribution is 5.55. The number of anilines is 1. The molecule has 1 heterocycles. The van der Waals surface area contributed by atoms with Crippen molar-refractivity contribution in [2.45, 2.75) is 26.2 Å². The number of methoxy groups -OCH3 is 1. The van der Waals surface area contributed by atoms with Crippen LogP contribution in [-0.2, 0) is 5.41 Å². The minimum absolute atomic E-state index is 0.135. The maximum absolute atomic E-state index is 11.1. The van der Waals surface area contributed by atoms with Crippen molar-refractivity contribution in [3.8, 4) is 11.4 Å². The zero-order valence-electron chi connectivity index (χ0n) is 12.3. The first kappa shape index (κ1) is 14.8. The molecule has 21 heavy (non-hydrogen) atoms. The fraction of sp³-hybridized carbons (Fsp3) is 0.385. The molecular formula is C13H17N5O3. The summed E-state index contributed by atoms with van der Waals surface area (Å²) in [6.07, 6.45) is 0. The number of nitrogens with zero attached hydrogens (tertiary/aromatic N) is 4. The van der Waals surface area contributed by atoms with Crippen molar-refractivity contribution in [1.82, 2.24) is 15.0 Å². The van der Waals surface area contributed by atoms with E-state index >= 15 is 0 Å². The predicted molar refractivity (Wildman–Crippen MR) is 77.7 cm³/mol. The third kappa shape index (κ3) is 2.64. The molecule has 0 unspecified atom stereocenters. The van der Waals surface area contributed by atoms with E-state index < -0.39 is 4.92 Å². The molecule has 0 spiro atoms. The van der Waals surface area contributed by atoms with Crippen molar-refractivity contribution in [3.63, 3.8) is 0 Å². The molecule has 1 aromatic carbocycles. The van der Waals surface area contributed by atoms with Gasteiger partial charge in [-0.2, -0.15) is 0 Å². The molecule has 2 N–H and O–H groups in total. The topological polar surface area (TPSA) is 109 Å². The summed E-state index contributed by atoms with van der Waals surface area (Å²) >= 11 is 0. The molecule has 0 saturated heterocycles. The molecule has 0 amide bonds. The second-order valence-corrected chi connectivity index (χ2v) is 5.60. The Kier molecular flexibility index (Phi) is 3.54. The Labute approximate surface area is 121 Å². The third-order valence-electron chi connectivity index (χ3n) is 3.01. The Morgan fingerprint density at radius 1 is 1.38 bits per heavy atom. The number of rotatable bonds is 3. The zero-order chi connectivity index (χ0) is 15.8. The first-order chi connectivity index (χ1) is 9.75. The van der Waals surface area contributed by atoms with Gasteiger partial charge < -0.3 is 10.5 Å². The standard InChI is InChI=1S/C13H17N5O3/c1-13(2,3)11-12(14)15-16-17(11)8-5-6-10(21-4)9(7-8)18(19)20/h5-7H,14H2,1-4H3. The van der Waals surface area contributed by atoms with Crippen LogP contribution in [0.2, 0.25) is 0 Å². The van der Waals surface area contributed by atoms with Crippen LogP contribution >= 0.6 is 0 Å². The number of nitro benzene ring substituents is 1. The number of hydrogen-bond acceptors (Lipinski definition) is 6. The van der Waals surface area contributed by atoms with Crippen LogP contribution in [0, 0.1) is 10.1 Å². The highest BCUT2D eigenvalue weighted by Gasteiger charge is 2.26. The number of benzene rings is 1. The van der Waals surface area contributed by atoms with Crippen LogP contribution in [0.5, 0.6) is 5.75 Å². The van der Waals surface area contributed by atoms with Crippen LogP contribution in [0.1, 0.15) is 26.5 Å². The Morgan fingerprint density at radius 2 is 2.05 bits per heavy atom. The molecular weight excluding hydrogens is 274 g/mol. The number of ether oxygens (including phenoxy) is 1. The number of aromatic nitrogens is 3. The first-order valence-corrected chi connectivity index (χ1v) is 6.30. The Hall–Kier alpha value is -2.64. The summed E-state index contributed by atoms with van der Waals surface area (Å²) in [5.74, 6) is 0.495.